The smallest absolute Gasteiger partial charge is 0.309 e. The molecule has 1 atom stereocenters. The molecule has 0 aliphatic carbocycles. The zero-order valence-electron chi connectivity index (χ0n) is 26.9. The lowest BCUT2D eigenvalue weighted by Gasteiger charge is -2.38. The Kier molecular flexibility index (Phi) is 16.0. The zero-order chi connectivity index (χ0) is 28.7. The molecule has 0 aromatic rings. The van der Waals surface area contributed by atoms with Gasteiger partial charge in [0.2, 0.25) is 0 Å². The third-order valence-electron chi connectivity index (χ3n) is 8.63. The summed E-state index contributed by atoms with van der Waals surface area (Å²) in [5, 5.41) is 0.339. The number of unbranched alkanes of at least 4 members (excludes halogenated alkanes) is 8. The van der Waals surface area contributed by atoms with Crippen LogP contribution in [0.5, 0.6) is 0 Å². The molecule has 0 aromatic heterocycles. The second-order valence-corrected chi connectivity index (χ2v) is 20.1. The monoisotopic (exact) mass is 552 g/mol. The fraction of sp³-hybridized carbons (Fsp3) is 0.909. The molecule has 1 aliphatic heterocycles. The number of ether oxygens (including phenoxy) is 3. The van der Waals surface area contributed by atoms with E-state index in [1.165, 1.54) is 57.8 Å². The number of esters is 1. The van der Waals surface area contributed by atoms with Crippen molar-refractivity contribution in [1.29, 1.82) is 0 Å². The lowest BCUT2D eigenvalue weighted by molar-refractivity contribution is -0.168. The summed E-state index contributed by atoms with van der Waals surface area (Å²) in [4.78, 5) is 12.9. The standard InChI is InChI=1S/C33H64O4Si/c1-10-11-12-17-20-24-33(35-26-27-36-33)25-21-18-15-13-14-16-19-22-29(30(34)37-31(2,3)4)23-28-38(8,9)32(5,6)7/h16,19,29H,10-15,17-18,20-28H2,1-9H3/b19-16+/t29-/m0/s1. The average molecular weight is 553 g/mol. The minimum atomic E-state index is -1.42. The number of rotatable bonds is 19. The molecule has 0 unspecified atom stereocenters. The van der Waals surface area contributed by atoms with Crippen LogP contribution in [0.4, 0.5) is 0 Å². The average Bonchev–Trinajstić information content (AvgIpc) is 3.26. The number of carbonyl (C=O) groups is 1. The molecule has 1 fully saturated rings. The molecule has 5 heteroatoms. The van der Waals surface area contributed by atoms with Crippen LogP contribution in [0.25, 0.3) is 0 Å². The first-order valence-electron chi connectivity index (χ1n) is 15.9. The predicted octanol–water partition coefficient (Wildman–Crippen LogP) is 10.2. The Balaban J connectivity index is 2.39. The molecule has 0 aromatic carbocycles. The summed E-state index contributed by atoms with van der Waals surface area (Å²) in [5.41, 5.74) is -0.432. The molecule has 1 saturated heterocycles. The molecule has 4 nitrogen and oxygen atoms in total. The lowest BCUT2D eigenvalue weighted by atomic mass is 9.99. The van der Waals surface area contributed by atoms with Gasteiger partial charge in [0.25, 0.3) is 0 Å². The normalized spacial score (nSPS) is 17.3. The third-order valence-corrected chi connectivity index (χ3v) is 14.2. The predicted molar refractivity (Wildman–Crippen MR) is 165 cm³/mol. The summed E-state index contributed by atoms with van der Waals surface area (Å²) in [6.07, 6.45) is 20.7. The van der Waals surface area contributed by atoms with Crippen LogP contribution >= 0.6 is 0 Å². The maximum Gasteiger partial charge on any atom is 0.309 e. The minimum Gasteiger partial charge on any atom is -0.460 e. The molecule has 0 radical (unpaired) electrons. The second-order valence-electron chi connectivity index (χ2n) is 14.3. The van der Waals surface area contributed by atoms with E-state index in [9.17, 15) is 4.79 Å². The van der Waals surface area contributed by atoms with Gasteiger partial charge in [-0.15, -0.1) is 0 Å². The van der Waals surface area contributed by atoms with Crippen molar-refractivity contribution in [3.05, 3.63) is 12.2 Å². The van der Waals surface area contributed by atoms with E-state index < -0.39 is 13.7 Å². The SMILES string of the molecule is CCCCCCCC1(CCCCCC/C=C/C[C@@H](CC[Si](C)(C)C(C)(C)C)C(=O)OC(C)(C)C)OCCO1. The Morgan fingerprint density at radius 2 is 1.42 bits per heavy atom. The Morgan fingerprint density at radius 3 is 1.95 bits per heavy atom. The molecule has 38 heavy (non-hydrogen) atoms. The van der Waals surface area contributed by atoms with Gasteiger partial charge in [-0.3, -0.25) is 4.79 Å². The van der Waals surface area contributed by atoms with E-state index >= 15 is 0 Å². The molecule has 1 aliphatic rings. The summed E-state index contributed by atoms with van der Waals surface area (Å²) >= 11 is 0. The van der Waals surface area contributed by atoms with Crippen molar-refractivity contribution in [3.8, 4) is 0 Å². The lowest BCUT2D eigenvalue weighted by Crippen LogP contribution is -2.38. The third kappa shape index (κ3) is 14.7. The summed E-state index contributed by atoms with van der Waals surface area (Å²) < 4.78 is 17.9. The molecule has 224 valence electrons. The molecular weight excluding hydrogens is 488 g/mol. The molecule has 0 spiro atoms. The van der Waals surface area contributed by atoms with Gasteiger partial charge >= 0.3 is 5.97 Å². The summed E-state index contributed by atoms with van der Waals surface area (Å²) in [7, 11) is -1.42. The van der Waals surface area contributed by atoms with E-state index in [0.29, 0.717) is 5.04 Å². The van der Waals surface area contributed by atoms with Crippen LogP contribution in [0.3, 0.4) is 0 Å². The maximum atomic E-state index is 12.9. The molecular formula is C33H64O4Si. The molecule has 0 bridgehead atoms. The van der Waals surface area contributed by atoms with Gasteiger partial charge in [0.15, 0.2) is 5.79 Å². The zero-order valence-corrected chi connectivity index (χ0v) is 27.9. The van der Waals surface area contributed by atoms with Crippen molar-refractivity contribution in [2.45, 2.75) is 174 Å². The van der Waals surface area contributed by atoms with Crippen molar-refractivity contribution >= 4 is 14.0 Å². The van der Waals surface area contributed by atoms with Crippen molar-refractivity contribution in [2.75, 3.05) is 13.2 Å². The quantitative estimate of drug-likeness (QED) is 0.0692. The highest BCUT2D eigenvalue weighted by atomic mass is 28.3. The van der Waals surface area contributed by atoms with Gasteiger partial charge in [-0.1, -0.05) is 97.5 Å². The van der Waals surface area contributed by atoms with Crippen molar-refractivity contribution in [1.82, 2.24) is 0 Å². The minimum absolute atomic E-state index is 0.0310. The second kappa shape index (κ2) is 17.2. The Hall–Kier alpha value is -0.653. The highest BCUT2D eigenvalue weighted by molar-refractivity contribution is 6.80. The topological polar surface area (TPSA) is 44.8 Å². The summed E-state index contributed by atoms with van der Waals surface area (Å²) in [6.45, 7) is 21.6. The molecule has 0 amide bonds. The van der Waals surface area contributed by atoms with Crippen LogP contribution in [-0.4, -0.2) is 38.6 Å². The van der Waals surface area contributed by atoms with E-state index in [2.05, 4.69) is 52.9 Å². The number of allylic oxidation sites excluding steroid dienone is 2. The van der Waals surface area contributed by atoms with E-state index in [4.69, 9.17) is 14.2 Å². The van der Waals surface area contributed by atoms with Gasteiger partial charge in [0.1, 0.15) is 5.60 Å². The molecule has 0 saturated carbocycles. The van der Waals surface area contributed by atoms with Gasteiger partial charge < -0.3 is 14.2 Å². The van der Waals surface area contributed by atoms with Gasteiger partial charge in [-0.2, -0.15) is 0 Å². The molecule has 1 rings (SSSR count). The highest BCUT2D eigenvalue weighted by Crippen LogP contribution is 2.40. The Bertz CT molecular complexity index is 665. The van der Waals surface area contributed by atoms with E-state index in [1.54, 1.807) is 0 Å². The van der Waals surface area contributed by atoms with E-state index in [1.807, 2.05) is 20.8 Å². The number of hydrogen-bond donors (Lipinski definition) is 0. The maximum absolute atomic E-state index is 12.9. The van der Waals surface area contributed by atoms with E-state index in [-0.39, 0.29) is 17.7 Å². The van der Waals surface area contributed by atoms with Crippen LogP contribution in [0.15, 0.2) is 12.2 Å². The van der Waals surface area contributed by atoms with Crippen LogP contribution in [0.2, 0.25) is 24.2 Å². The van der Waals surface area contributed by atoms with Crippen LogP contribution in [-0.2, 0) is 19.0 Å². The first-order chi connectivity index (χ1) is 17.7. The fourth-order valence-corrected chi connectivity index (χ4v) is 6.74. The van der Waals surface area contributed by atoms with Gasteiger partial charge in [-0.25, -0.2) is 0 Å². The Labute approximate surface area is 238 Å². The number of carbonyl (C=O) groups excluding carboxylic acids is 1. The highest BCUT2D eigenvalue weighted by Gasteiger charge is 2.37. The van der Waals surface area contributed by atoms with Crippen molar-refractivity contribution < 1.29 is 19.0 Å². The van der Waals surface area contributed by atoms with Gasteiger partial charge in [-0.05, 0) is 64.3 Å². The molecule has 0 N–H and O–H groups in total. The van der Waals surface area contributed by atoms with Gasteiger partial charge in [0.05, 0.1) is 27.2 Å². The number of hydrogen-bond acceptors (Lipinski definition) is 4. The van der Waals surface area contributed by atoms with Crippen LogP contribution in [0, 0.1) is 5.92 Å². The van der Waals surface area contributed by atoms with E-state index in [0.717, 1.165) is 51.4 Å². The Morgan fingerprint density at radius 1 is 0.868 bits per heavy atom. The van der Waals surface area contributed by atoms with Crippen LogP contribution in [0.1, 0.15) is 138 Å². The molecule has 1 heterocycles. The van der Waals surface area contributed by atoms with Crippen molar-refractivity contribution in [3.63, 3.8) is 0 Å². The van der Waals surface area contributed by atoms with Gasteiger partial charge in [0, 0.05) is 12.8 Å². The summed E-state index contributed by atoms with van der Waals surface area (Å²) in [6, 6.07) is 1.15. The van der Waals surface area contributed by atoms with Crippen molar-refractivity contribution in [2.24, 2.45) is 5.92 Å². The first-order valence-corrected chi connectivity index (χ1v) is 19.1. The fourth-order valence-electron chi connectivity index (χ4n) is 4.92. The first kappa shape index (κ1) is 35.4. The largest absolute Gasteiger partial charge is 0.460 e. The van der Waals surface area contributed by atoms with Crippen LogP contribution < -0.4 is 0 Å². The summed E-state index contributed by atoms with van der Waals surface area (Å²) in [5.74, 6) is -0.367.